The topological polar surface area (TPSA) is 86.4 Å². The molecular formula is C23H26N6O3. The predicted molar refractivity (Wildman–Crippen MR) is 120 cm³/mol. The van der Waals surface area contributed by atoms with Gasteiger partial charge < -0.3 is 14.8 Å². The van der Waals surface area contributed by atoms with Crippen molar-refractivity contribution >= 4 is 18.0 Å². The first-order valence-electron chi connectivity index (χ1n) is 10.8. The molecule has 9 heteroatoms. The van der Waals surface area contributed by atoms with Crippen molar-refractivity contribution in [1.82, 2.24) is 24.5 Å². The van der Waals surface area contributed by atoms with E-state index in [9.17, 15) is 4.79 Å². The lowest BCUT2D eigenvalue weighted by Gasteiger charge is -2.45. The van der Waals surface area contributed by atoms with Crippen LogP contribution < -0.4 is 5.32 Å². The van der Waals surface area contributed by atoms with Crippen LogP contribution in [0.1, 0.15) is 23.0 Å². The smallest absolute Gasteiger partial charge is 0.358 e. The van der Waals surface area contributed by atoms with Gasteiger partial charge in [-0.25, -0.2) is 14.2 Å². The summed E-state index contributed by atoms with van der Waals surface area (Å²) in [4.78, 5) is 14.5. The molecule has 166 valence electrons. The molecule has 2 aliphatic heterocycles. The molecule has 0 saturated carbocycles. The van der Waals surface area contributed by atoms with Crippen molar-refractivity contribution in [3.63, 3.8) is 0 Å². The Morgan fingerprint density at radius 1 is 1.22 bits per heavy atom. The lowest BCUT2D eigenvalue weighted by molar-refractivity contribution is -0.0280. The Bertz CT molecular complexity index is 1160. The molecule has 0 spiro atoms. The molecule has 1 unspecified atom stereocenters. The van der Waals surface area contributed by atoms with Crippen molar-refractivity contribution in [3.8, 4) is 11.3 Å². The fraction of sp³-hybridized carbons (Fsp3) is 0.348. The number of nitrogens with zero attached hydrogens (tertiary/aromatic N) is 5. The molecule has 2 aliphatic rings. The number of carbonyl (C=O) groups is 1. The lowest BCUT2D eigenvalue weighted by Crippen LogP contribution is -2.59. The lowest BCUT2D eigenvalue weighted by atomic mass is 10.1. The molecule has 1 saturated heterocycles. The second kappa shape index (κ2) is 8.25. The normalized spacial score (nSPS) is 20.6. The highest BCUT2D eigenvalue weighted by Gasteiger charge is 2.41. The zero-order valence-electron chi connectivity index (χ0n) is 18.2. The second-order valence-corrected chi connectivity index (χ2v) is 7.86. The van der Waals surface area contributed by atoms with Gasteiger partial charge in [0.1, 0.15) is 5.82 Å². The van der Waals surface area contributed by atoms with Gasteiger partial charge in [0.15, 0.2) is 5.69 Å². The fourth-order valence-electron chi connectivity index (χ4n) is 4.15. The molecule has 2 aromatic heterocycles. The SMILES string of the molecule is CCOC(=O)c1cc2n(n1)C=CC(N1CCOCC1)(n1ccc(-c3cccc(C)c3)n1)N2. The van der Waals surface area contributed by atoms with Gasteiger partial charge in [-0.3, -0.25) is 4.90 Å². The summed E-state index contributed by atoms with van der Waals surface area (Å²) in [6, 6.07) is 12.0. The summed E-state index contributed by atoms with van der Waals surface area (Å²) in [6.45, 7) is 6.89. The monoisotopic (exact) mass is 434 g/mol. The summed E-state index contributed by atoms with van der Waals surface area (Å²) < 4.78 is 14.3. The van der Waals surface area contributed by atoms with Crippen LogP contribution >= 0.6 is 0 Å². The minimum absolute atomic E-state index is 0.262. The van der Waals surface area contributed by atoms with E-state index in [4.69, 9.17) is 14.6 Å². The van der Waals surface area contributed by atoms with E-state index in [0.717, 1.165) is 24.3 Å². The molecule has 0 amide bonds. The maximum absolute atomic E-state index is 12.2. The molecule has 4 heterocycles. The number of morpholine rings is 1. The van der Waals surface area contributed by atoms with Gasteiger partial charge in [0.2, 0.25) is 5.79 Å². The molecule has 1 fully saturated rings. The number of benzene rings is 1. The molecule has 5 rings (SSSR count). The van der Waals surface area contributed by atoms with Gasteiger partial charge in [0.05, 0.1) is 25.5 Å². The van der Waals surface area contributed by atoms with Crippen LogP contribution in [0, 0.1) is 6.92 Å². The van der Waals surface area contributed by atoms with Crippen LogP contribution in [-0.2, 0) is 15.3 Å². The van der Waals surface area contributed by atoms with Crippen LogP contribution in [0.3, 0.4) is 0 Å². The largest absolute Gasteiger partial charge is 0.461 e. The van der Waals surface area contributed by atoms with E-state index in [0.29, 0.717) is 25.6 Å². The maximum atomic E-state index is 12.2. The molecule has 0 radical (unpaired) electrons. The minimum atomic E-state index is -0.756. The number of carbonyl (C=O) groups excluding carboxylic acids is 1. The summed E-state index contributed by atoms with van der Waals surface area (Å²) in [5.74, 6) is -0.509. The van der Waals surface area contributed by atoms with Crippen molar-refractivity contribution in [1.29, 1.82) is 0 Å². The van der Waals surface area contributed by atoms with Crippen molar-refractivity contribution < 1.29 is 14.3 Å². The average molecular weight is 435 g/mol. The van der Waals surface area contributed by atoms with Gasteiger partial charge >= 0.3 is 5.97 Å². The molecule has 3 aromatic rings. The van der Waals surface area contributed by atoms with Gasteiger partial charge in [0.25, 0.3) is 0 Å². The van der Waals surface area contributed by atoms with Crippen LogP contribution in [0.25, 0.3) is 17.5 Å². The number of ether oxygens (including phenoxy) is 2. The summed E-state index contributed by atoms with van der Waals surface area (Å²) in [7, 11) is 0. The Labute approximate surface area is 186 Å². The van der Waals surface area contributed by atoms with Crippen molar-refractivity contribution in [2.75, 3.05) is 38.2 Å². The predicted octanol–water partition coefficient (Wildman–Crippen LogP) is 2.77. The van der Waals surface area contributed by atoms with E-state index in [2.05, 4.69) is 40.4 Å². The number of rotatable bonds is 5. The molecule has 0 aliphatic carbocycles. The van der Waals surface area contributed by atoms with Crippen LogP contribution in [0.15, 0.2) is 48.7 Å². The number of aryl methyl sites for hydroxylation is 1. The Hall–Kier alpha value is -3.43. The molecule has 32 heavy (non-hydrogen) atoms. The van der Waals surface area contributed by atoms with Crippen molar-refractivity contribution in [2.24, 2.45) is 0 Å². The standard InChI is InChI=1S/C23H26N6O3/c1-3-32-22(30)20-16-21-24-23(8-10-28(21)25-20,27-11-13-31-14-12-27)29-9-7-19(26-29)18-6-4-5-17(2)15-18/h4-10,15-16,24H,3,11-14H2,1-2H3. The van der Waals surface area contributed by atoms with E-state index in [-0.39, 0.29) is 5.69 Å². The molecule has 0 bridgehead atoms. The Morgan fingerprint density at radius 2 is 2.06 bits per heavy atom. The Morgan fingerprint density at radius 3 is 2.84 bits per heavy atom. The van der Waals surface area contributed by atoms with Crippen LogP contribution in [0.5, 0.6) is 0 Å². The van der Waals surface area contributed by atoms with E-state index < -0.39 is 11.8 Å². The van der Waals surface area contributed by atoms with Crippen LogP contribution in [0.4, 0.5) is 5.82 Å². The quantitative estimate of drug-likeness (QED) is 0.618. The van der Waals surface area contributed by atoms with Gasteiger partial charge in [-0.15, -0.1) is 0 Å². The minimum Gasteiger partial charge on any atom is -0.461 e. The summed E-state index contributed by atoms with van der Waals surface area (Å²) in [5.41, 5.74) is 3.40. The zero-order chi connectivity index (χ0) is 22.1. The third kappa shape index (κ3) is 3.59. The molecule has 9 nitrogen and oxygen atoms in total. The number of esters is 1. The highest BCUT2D eigenvalue weighted by atomic mass is 16.5. The summed E-state index contributed by atoms with van der Waals surface area (Å²) in [5, 5.41) is 12.9. The third-order valence-corrected chi connectivity index (χ3v) is 5.73. The number of nitrogens with one attached hydrogen (secondary N) is 1. The number of aromatic nitrogens is 4. The van der Waals surface area contributed by atoms with Gasteiger partial charge in [0, 0.05) is 37.1 Å². The molecular weight excluding hydrogens is 408 g/mol. The Balaban J connectivity index is 1.53. The highest BCUT2D eigenvalue weighted by molar-refractivity contribution is 5.88. The fourth-order valence-corrected chi connectivity index (χ4v) is 4.15. The average Bonchev–Trinajstić information content (AvgIpc) is 3.47. The number of hydrogen-bond acceptors (Lipinski definition) is 7. The first-order valence-corrected chi connectivity index (χ1v) is 10.8. The Kier molecular flexibility index (Phi) is 5.28. The molecule has 1 atom stereocenters. The summed E-state index contributed by atoms with van der Waals surface area (Å²) in [6.07, 6.45) is 5.85. The first-order chi connectivity index (χ1) is 15.6. The van der Waals surface area contributed by atoms with Gasteiger partial charge in [-0.05, 0) is 32.1 Å². The van der Waals surface area contributed by atoms with E-state index in [1.54, 1.807) is 17.7 Å². The van der Waals surface area contributed by atoms with Crippen LogP contribution in [-0.4, -0.2) is 63.3 Å². The third-order valence-electron chi connectivity index (χ3n) is 5.73. The number of fused-ring (bicyclic) bond motifs is 1. The number of anilines is 1. The number of hydrogen-bond donors (Lipinski definition) is 1. The zero-order valence-corrected chi connectivity index (χ0v) is 18.2. The van der Waals surface area contributed by atoms with E-state index in [1.165, 1.54) is 5.56 Å². The van der Waals surface area contributed by atoms with Crippen molar-refractivity contribution in [3.05, 3.63) is 59.9 Å². The highest BCUT2D eigenvalue weighted by Crippen LogP contribution is 2.33. The second-order valence-electron chi connectivity index (χ2n) is 7.86. The van der Waals surface area contributed by atoms with E-state index >= 15 is 0 Å². The first kappa shape index (κ1) is 20.5. The van der Waals surface area contributed by atoms with E-state index in [1.807, 2.05) is 35.3 Å². The van der Waals surface area contributed by atoms with Gasteiger partial charge in [-0.1, -0.05) is 23.8 Å². The maximum Gasteiger partial charge on any atom is 0.358 e. The van der Waals surface area contributed by atoms with Gasteiger partial charge in [-0.2, -0.15) is 10.2 Å². The molecule has 1 aromatic carbocycles. The molecule has 1 N–H and O–H groups in total. The summed E-state index contributed by atoms with van der Waals surface area (Å²) >= 11 is 0. The van der Waals surface area contributed by atoms with Crippen LogP contribution in [0.2, 0.25) is 0 Å². The van der Waals surface area contributed by atoms with Crippen molar-refractivity contribution in [2.45, 2.75) is 19.6 Å².